The Kier molecular flexibility index (Phi) is 7.74. The van der Waals surface area contributed by atoms with E-state index in [9.17, 15) is 10.2 Å². The molecule has 0 heterocycles. The fourth-order valence-electron chi connectivity index (χ4n) is 2.48. The third-order valence-electron chi connectivity index (χ3n) is 3.91. The predicted octanol–water partition coefficient (Wildman–Crippen LogP) is 2.38. The average Bonchev–Trinajstić information content (AvgIpc) is 2.52. The molecule has 0 fully saturated rings. The lowest BCUT2D eigenvalue weighted by Crippen LogP contribution is -2.36. The number of hydrogen-bond donors (Lipinski definition) is 5. The van der Waals surface area contributed by atoms with Crippen LogP contribution in [0.5, 0.6) is 0 Å². The van der Waals surface area contributed by atoms with Gasteiger partial charge in [-0.25, -0.2) is 0 Å². The number of aliphatic hydroxyl groups is 2. The zero-order valence-corrected chi connectivity index (χ0v) is 14.8. The SMILES string of the molecule is C/C=C/N(CC)CCC(C)(O)CC(O)Nc1ccc(N)c(C=N)c1. The van der Waals surface area contributed by atoms with Crippen LogP contribution in [-0.4, -0.2) is 46.2 Å². The van der Waals surface area contributed by atoms with Crippen molar-refractivity contribution in [3.8, 4) is 0 Å². The van der Waals surface area contributed by atoms with Gasteiger partial charge in [-0.1, -0.05) is 6.08 Å². The van der Waals surface area contributed by atoms with E-state index >= 15 is 0 Å². The summed E-state index contributed by atoms with van der Waals surface area (Å²) in [6.07, 6.45) is 5.00. The van der Waals surface area contributed by atoms with E-state index in [-0.39, 0.29) is 6.42 Å². The van der Waals surface area contributed by atoms with Crippen LogP contribution in [0.2, 0.25) is 0 Å². The highest BCUT2D eigenvalue weighted by Gasteiger charge is 2.24. The molecule has 1 aromatic carbocycles. The highest BCUT2D eigenvalue weighted by molar-refractivity contribution is 5.86. The lowest BCUT2D eigenvalue weighted by Gasteiger charge is -2.29. The Bertz CT molecular complexity index is 558. The molecular weight excluding hydrogens is 304 g/mol. The number of nitrogens with zero attached hydrogens (tertiary/aromatic N) is 1. The van der Waals surface area contributed by atoms with Crippen LogP contribution in [0.1, 0.15) is 39.2 Å². The monoisotopic (exact) mass is 334 g/mol. The first kappa shape index (κ1) is 20.0. The van der Waals surface area contributed by atoms with Crippen LogP contribution in [-0.2, 0) is 0 Å². The predicted molar refractivity (Wildman–Crippen MR) is 100 cm³/mol. The van der Waals surface area contributed by atoms with Gasteiger partial charge in [0.1, 0.15) is 6.23 Å². The standard InChI is InChI=1S/C18H30N4O2/c1-4-9-22(5-2)10-8-18(3,24)12-17(23)21-15-6-7-16(20)14(11-15)13-19/h4,6-7,9,11,13,17,19,21,23-24H,5,8,10,12,20H2,1-3H3/b9-4+,19-13?. The lowest BCUT2D eigenvalue weighted by atomic mass is 9.96. The van der Waals surface area contributed by atoms with Crippen molar-refractivity contribution >= 4 is 17.6 Å². The van der Waals surface area contributed by atoms with Gasteiger partial charge < -0.3 is 31.6 Å². The number of nitrogens with one attached hydrogen (secondary N) is 2. The molecule has 0 aliphatic rings. The van der Waals surface area contributed by atoms with Crippen molar-refractivity contribution in [3.63, 3.8) is 0 Å². The van der Waals surface area contributed by atoms with Gasteiger partial charge in [0.2, 0.25) is 0 Å². The number of anilines is 2. The van der Waals surface area contributed by atoms with Crippen LogP contribution in [0.25, 0.3) is 0 Å². The zero-order valence-electron chi connectivity index (χ0n) is 14.8. The van der Waals surface area contributed by atoms with Crippen LogP contribution in [0, 0.1) is 5.41 Å². The second-order valence-electron chi connectivity index (χ2n) is 6.21. The highest BCUT2D eigenvalue weighted by Crippen LogP contribution is 2.21. The number of benzene rings is 1. The molecule has 1 rings (SSSR count). The van der Waals surface area contributed by atoms with Crippen molar-refractivity contribution < 1.29 is 10.2 Å². The molecule has 6 nitrogen and oxygen atoms in total. The van der Waals surface area contributed by atoms with Crippen LogP contribution in [0.4, 0.5) is 11.4 Å². The Hall–Kier alpha value is -2.05. The summed E-state index contributed by atoms with van der Waals surface area (Å²) < 4.78 is 0. The summed E-state index contributed by atoms with van der Waals surface area (Å²) in [5.74, 6) is 0. The summed E-state index contributed by atoms with van der Waals surface area (Å²) in [5.41, 5.74) is 6.52. The van der Waals surface area contributed by atoms with Gasteiger partial charge in [-0.05, 0) is 51.6 Å². The maximum atomic E-state index is 10.5. The molecule has 0 aliphatic carbocycles. The van der Waals surface area contributed by atoms with Gasteiger partial charge in [-0.2, -0.15) is 0 Å². The van der Waals surface area contributed by atoms with Gasteiger partial charge >= 0.3 is 0 Å². The van der Waals surface area contributed by atoms with Crippen LogP contribution < -0.4 is 11.1 Å². The summed E-state index contributed by atoms with van der Waals surface area (Å²) in [6.45, 7) is 7.35. The third kappa shape index (κ3) is 6.60. The molecule has 1 aromatic rings. The summed E-state index contributed by atoms with van der Waals surface area (Å²) in [4.78, 5) is 2.12. The van der Waals surface area contributed by atoms with Crippen LogP contribution >= 0.6 is 0 Å². The van der Waals surface area contributed by atoms with E-state index in [2.05, 4.69) is 17.1 Å². The zero-order chi connectivity index (χ0) is 18.2. The normalized spacial score (nSPS) is 15.0. The molecule has 0 amide bonds. The first-order chi connectivity index (χ1) is 11.3. The maximum Gasteiger partial charge on any atom is 0.127 e. The van der Waals surface area contributed by atoms with Crippen molar-refractivity contribution in [1.29, 1.82) is 5.41 Å². The maximum absolute atomic E-state index is 10.5. The minimum atomic E-state index is -0.987. The van der Waals surface area contributed by atoms with E-state index in [1.165, 1.54) is 6.21 Å². The van der Waals surface area contributed by atoms with E-state index in [1.807, 2.05) is 19.2 Å². The molecule has 0 spiro atoms. The van der Waals surface area contributed by atoms with Gasteiger partial charge in [0, 0.05) is 42.7 Å². The van der Waals surface area contributed by atoms with Gasteiger partial charge in [0.25, 0.3) is 0 Å². The number of nitrogens with two attached hydrogens (primary N) is 1. The first-order valence-electron chi connectivity index (χ1n) is 8.25. The molecule has 2 unspecified atom stereocenters. The Morgan fingerprint density at radius 2 is 2.17 bits per heavy atom. The Balaban J connectivity index is 2.58. The van der Waals surface area contributed by atoms with Gasteiger partial charge in [0.15, 0.2) is 0 Å². The number of nitrogen functional groups attached to an aromatic ring is 1. The fraction of sp³-hybridized carbons (Fsp3) is 0.500. The third-order valence-corrected chi connectivity index (χ3v) is 3.91. The number of rotatable bonds is 10. The quantitative estimate of drug-likeness (QED) is 0.257. The minimum Gasteiger partial charge on any atom is -0.398 e. The fourth-order valence-corrected chi connectivity index (χ4v) is 2.48. The van der Waals surface area contributed by atoms with Crippen molar-refractivity contribution in [1.82, 2.24) is 4.90 Å². The smallest absolute Gasteiger partial charge is 0.127 e. The molecular formula is C18H30N4O2. The highest BCUT2D eigenvalue weighted by atomic mass is 16.3. The number of allylic oxidation sites excluding steroid dienone is 1. The van der Waals surface area contributed by atoms with E-state index < -0.39 is 11.8 Å². The van der Waals surface area contributed by atoms with Crippen LogP contribution in [0.3, 0.4) is 0 Å². The van der Waals surface area contributed by atoms with E-state index in [0.29, 0.717) is 23.4 Å². The average molecular weight is 334 g/mol. The summed E-state index contributed by atoms with van der Waals surface area (Å²) in [5, 5.41) is 31.0. The second-order valence-corrected chi connectivity index (χ2v) is 6.21. The summed E-state index contributed by atoms with van der Waals surface area (Å²) in [7, 11) is 0. The molecule has 6 N–H and O–H groups in total. The van der Waals surface area contributed by atoms with Crippen molar-refractivity contribution in [3.05, 3.63) is 36.0 Å². The van der Waals surface area contributed by atoms with Crippen molar-refractivity contribution in [2.75, 3.05) is 24.1 Å². The molecule has 6 heteroatoms. The molecule has 0 radical (unpaired) electrons. The molecule has 0 aromatic heterocycles. The molecule has 0 bridgehead atoms. The second kappa shape index (κ2) is 9.30. The van der Waals surface area contributed by atoms with Crippen molar-refractivity contribution in [2.24, 2.45) is 0 Å². The van der Waals surface area contributed by atoms with E-state index in [4.69, 9.17) is 11.1 Å². The van der Waals surface area contributed by atoms with Gasteiger partial charge in [-0.3, -0.25) is 0 Å². The van der Waals surface area contributed by atoms with Crippen molar-refractivity contribution in [2.45, 2.75) is 45.4 Å². The summed E-state index contributed by atoms with van der Waals surface area (Å²) in [6, 6.07) is 5.13. The molecule has 24 heavy (non-hydrogen) atoms. The molecule has 134 valence electrons. The largest absolute Gasteiger partial charge is 0.398 e. The van der Waals surface area contributed by atoms with E-state index in [1.54, 1.807) is 25.1 Å². The molecule has 0 saturated carbocycles. The molecule has 2 atom stereocenters. The van der Waals surface area contributed by atoms with E-state index in [0.717, 1.165) is 13.1 Å². The Morgan fingerprint density at radius 3 is 2.75 bits per heavy atom. The molecule has 0 aliphatic heterocycles. The van der Waals surface area contributed by atoms with Gasteiger partial charge in [-0.15, -0.1) is 0 Å². The summed E-state index contributed by atoms with van der Waals surface area (Å²) >= 11 is 0. The van der Waals surface area contributed by atoms with Gasteiger partial charge in [0.05, 0.1) is 5.60 Å². The first-order valence-corrected chi connectivity index (χ1v) is 8.25. The molecule has 0 saturated heterocycles. The Labute approximate surface area is 144 Å². The Morgan fingerprint density at radius 1 is 1.46 bits per heavy atom. The number of aliphatic hydroxyl groups excluding tert-OH is 1. The topological polar surface area (TPSA) is 106 Å². The lowest BCUT2D eigenvalue weighted by molar-refractivity contribution is 0.000769. The van der Waals surface area contributed by atoms with Crippen LogP contribution in [0.15, 0.2) is 30.5 Å². The number of hydrogen-bond acceptors (Lipinski definition) is 6. The minimum absolute atomic E-state index is 0.199.